The number of nitrogens with zero attached hydrogens (tertiary/aromatic N) is 4. The van der Waals surface area contributed by atoms with Gasteiger partial charge in [0, 0.05) is 55.9 Å². The standard InChI is InChI=1S/C23H22N4O2/c1-16(17-7-5-4-6-8-17)27-14-19(13-24-27)21-15-26(3)23(29)12-20(21)18-9-10-25(2)22(28)11-18/h4-16H,1-3H3. The molecular weight excluding hydrogens is 364 g/mol. The van der Waals surface area contributed by atoms with E-state index in [9.17, 15) is 9.59 Å². The Bertz CT molecular complexity index is 1280. The third-order valence-corrected chi connectivity index (χ3v) is 5.23. The van der Waals surface area contributed by atoms with Crippen LogP contribution in [-0.4, -0.2) is 18.9 Å². The second-order valence-corrected chi connectivity index (χ2v) is 7.21. The quantitative estimate of drug-likeness (QED) is 0.541. The van der Waals surface area contributed by atoms with Gasteiger partial charge in [-0.05, 0) is 29.7 Å². The van der Waals surface area contributed by atoms with Gasteiger partial charge in [-0.15, -0.1) is 0 Å². The van der Waals surface area contributed by atoms with Crippen molar-refractivity contribution in [2.75, 3.05) is 0 Å². The fourth-order valence-corrected chi connectivity index (χ4v) is 3.39. The van der Waals surface area contributed by atoms with Gasteiger partial charge in [-0.3, -0.25) is 14.3 Å². The summed E-state index contributed by atoms with van der Waals surface area (Å²) < 4.78 is 4.95. The lowest BCUT2D eigenvalue weighted by Gasteiger charge is -2.13. The van der Waals surface area contributed by atoms with Crippen LogP contribution in [0.4, 0.5) is 0 Å². The van der Waals surface area contributed by atoms with Crippen LogP contribution < -0.4 is 11.1 Å². The average Bonchev–Trinajstić information content (AvgIpc) is 3.22. The van der Waals surface area contributed by atoms with Crippen molar-refractivity contribution in [2.24, 2.45) is 14.1 Å². The first-order valence-corrected chi connectivity index (χ1v) is 9.41. The van der Waals surface area contributed by atoms with E-state index in [-0.39, 0.29) is 17.2 Å². The van der Waals surface area contributed by atoms with Gasteiger partial charge < -0.3 is 9.13 Å². The van der Waals surface area contributed by atoms with Crippen LogP contribution in [0.15, 0.2) is 82.9 Å². The zero-order valence-corrected chi connectivity index (χ0v) is 16.6. The molecule has 3 aromatic heterocycles. The van der Waals surface area contributed by atoms with Crippen molar-refractivity contribution < 1.29 is 0 Å². The van der Waals surface area contributed by atoms with E-state index in [0.29, 0.717) is 5.56 Å². The van der Waals surface area contributed by atoms with Gasteiger partial charge in [0.2, 0.25) is 0 Å². The summed E-state index contributed by atoms with van der Waals surface area (Å²) in [7, 11) is 3.42. The molecule has 0 saturated carbocycles. The maximum absolute atomic E-state index is 12.3. The van der Waals surface area contributed by atoms with Gasteiger partial charge >= 0.3 is 0 Å². The van der Waals surface area contributed by atoms with Crippen molar-refractivity contribution in [1.29, 1.82) is 0 Å². The number of benzene rings is 1. The summed E-state index contributed by atoms with van der Waals surface area (Å²) in [6, 6.07) is 15.2. The molecule has 6 heteroatoms. The number of hydrogen-bond acceptors (Lipinski definition) is 3. The van der Waals surface area contributed by atoms with Crippen LogP contribution in [0, 0.1) is 0 Å². The van der Waals surface area contributed by atoms with E-state index in [2.05, 4.69) is 24.2 Å². The van der Waals surface area contributed by atoms with E-state index in [1.807, 2.05) is 35.1 Å². The van der Waals surface area contributed by atoms with E-state index in [1.165, 1.54) is 9.13 Å². The molecule has 0 fully saturated rings. The van der Waals surface area contributed by atoms with Crippen molar-refractivity contribution in [1.82, 2.24) is 18.9 Å². The molecule has 0 aliphatic rings. The van der Waals surface area contributed by atoms with E-state index in [4.69, 9.17) is 0 Å². The maximum Gasteiger partial charge on any atom is 0.250 e. The molecule has 1 atom stereocenters. The fraction of sp³-hybridized carbons (Fsp3) is 0.174. The molecular formula is C23H22N4O2. The second-order valence-electron chi connectivity index (χ2n) is 7.21. The molecule has 0 radical (unpaired) electrons. The summed E-state index contributed by atoms with van der Waals surface area (Å²) in [5, 5.41) is 4.55. The molecule has 6 nitrogen and oxygen atoms in total. The van der Waals surface area contributed by atoms with Gasteiger partial charge in [0.15, 0.2) is 0 Å². The van der Waals surface area contributed by atoms with E-state index in [0.717, 1.165) is 22.3 Å². The fourth-order valence-electron chi connectivity index (χ4n) is 3.39. The molecule has 4 aromatic rings. The Morgan fingerprint density at radius 1 is 0.828 bits per heavy atom. The Balaban J connectivity index is 1.82. The first-order valence-electron chi connectivity index (χ1n) is 9.41. The Labute approximate surface area is 168 Å². The topological polar surface area (TPSA) is 61.8 Å². The van der Waals surface area contributed by atoms with Crippen LogP contribution in [0.2, 0.25) is 0 Å². The van der Waals surface area contributed by atoms with Crippen molar-refractivity contribution in [3.05, 3.63) is 99.6 Å². The molecule has 29 heavy (non-hydrogen) atoms. The van der Waals surface area contributed by atoms with Crippen LogP contribution >= 0.6 is 0 Å². The van der Waals surface area contributed by atoms with E-state index in [1.54, 1.807) is 44.8 Å². The zero-order valence-electron chi connectivity index (χ0n) is 16.6. The summed E-state index contributed by atoms with van der Waals surface area (Å²) >= 11 is 0. The minimum absolute atomic E-state index is 0.0740. The Kier molecular flexibility index (Phi) is 4.76. The predicted molar refractivity (Wildman–Crippen MR) is 114 cm³/mol. The molecule has 0 saturated heterocycles. The number of rotatable bonds is 4. The Hall–Kier alpha value is -3.67. The summed E-state index contributed by atoms with van der Waals surface area (Å²) in [4.78, 5) is 24.4. The summed E-state index contributed by atoms with van der Waals surface area (Å²) in [6.45, 7) is 2.09. The molecule has 0 amide bonds. The van der Waals surface area contributed by atoms with Crippen LogP contribution in [-0.2, 0) is 14.1 Å². The van der Waals surface area contributed by atoms with Crippen molar-refractivity contribution in [2.45, 2.75) is 13.0 Å². The summed E-state index contributed by atoms with van der Waals surface area (Å²) in [5.41, 5.74) is 4.08. The normalized spacial score (nSPS) is 12.1. The third kappa shape index (κ3) is 3.57. The lowest BCUT2D eigenvalue weighted by atomic mass is 9.99. The highest BCUT2D eigenvalue weighted by atomic mass is 16.1. The minimum atomic E-state index is -0.130. The smallest absolute Gasteiger partial charge is 0.250 e. The Morgan fingerprint density at radius 2 is 1.55 bits per heavy atom. The second kappa shape index (κ2) is 7.39. The van der Waals surface area contributed by atoms with E-state index >= 15 is 0 Å². The van der Waals surface area contributed by atoms with Crippen molar-refractivity contribution in [3.8, 4) is 22.3 Å². The highest BCUT2D eigenvalue weighted by molar-refractivity contribution is 5.82. The van der Waals surface area contributed by atoms with Crippen LogP contribution in [0.3, 0.4) is 0 Å². The van der Waals surface area contributed by atoms with Gasteiger partial charge in [0.05, 0.1) is 12.2 Å². The van der Waals surface area contributed by atoms with Crippen LogP contribution in [0.5, 0.6) is 0 Å². The van der Waals surface area contributed by atoms with Gasteiger partial charge in [0.1, 0.15) is 0 Å². The van der Waals surface area contributed by atoms with Gasteiger partial charge in [-0.2, -0.15) is 5.10 Å². The van der Waals surface area contributed by atoms with Crippen LogP contribution in [0.25, 0.3) is 22.3 Å². The molecule has 0 aliphatic carbocycles. The molecule has 0 bridgehead atoms. The first kappa shape index (κ1) is 18.7. The number of pyridine rings is 2. The monoisotopic (exact) mass is 386 g/mol. The lowest BCUT2D eigenvalue weighted by molar-refractivity contribution is 0.565. The summed E-state index contributed by atoms with van der Waals surface area (Å²) in [5.74, 6) is 0. The SMILES string of the molecule is CC(c1ccccc1)n1cc(-c2cn(C)c(=O)cc2-c2ccn(C)c(=O)c2)cn1. The van der Waals surface area contributed by atoms with E-state index < -0.39 is 0 Å². The third-order valence-electron chi connectivity index (χ3n) is 5.23. The zero-order chi connectivity index (χ0) is 20.5. The highest BCUT2D eigenvalue weighted by Gasteiger charge is 2.15. The maximum atomic E-state index is 12.3. The molecule has 1 aromatic carbocycles. The molecule has 3 heterocycles. The number of aromatic nitrogens is 4. The molecule has 146 valence electrons. The lowest BCUT2D eigenvalue weighted by Crippen LogP contribution is -2.17. The first-order chi connectivity index (χ1) is 13.9. The van der Waals surface area contributed by atoms with Gasteiger partial charge in [-0.25, -0.2) is 0 Å². The average molecular weight is 386 g/mol. The molecule has 1 unspecified atom stereocenters. The van der Waals surface area contributed by atoms with Gasteiger partial charge in [0.25, 0.3) is 11.1 Å². The number of hydrogen-bond donors (Lipinski definition) is 0. The van der Waals surface area contributed by atoms with Crippen molar-refractivity contribution >= 4 is 0 Å². The Morgan fingerprint density at radius 3 is 2.28 bits per heavy atom. The molecule has 4 rings (SSSR count). The minimum Gasteiger partial charge on any atom is -0.319 e. The molecule has 0 aliphatic heterocycles. The number of aryl methyl sites for hydroxylation is 2. The molecule has 0 spiro atoms. The van der Waals surface area contributed by atoms with Gasteiger partial charge in [-0.1, -0.05) is 30.3 Å². The largest absolute Gasteiger partial charge is 0.319 e. The van der Waals surface area contributed by atoms with Crippen molar-refractivity contribution in [3.63, 3.8) is 0 Å². The van der Waals surface area contributed by atoms with Crippen LogP contribution in [0.1, 0.15) is 18.5 Å². The summed E-state index contributed by atoms with van der Waals surface area (Å²) in [6.07, 6.45) is 7.27. The predicted octanol–water partition coefficient (Wildman–Crippen LogP) is 3.22. The molecule has 0 N–H and O–H groups in total. The highest BCUT2D eigenvalue weighted by Crippen LogP contribution is 2.31.